The first-order valence-corrected chi connectivity index (χ1v) is 3.59. The fourth-order valence-corrected chi connectivity index (χ4v) is 0.907. The second kappa shape index (κ2) is 3.59. The van der Waals surface area contributed by atoms with Gasteiger partial charge in [-0.1, -0.05) is 0 Å². The summed E-state index contributed by atoms with van der Waals surface area (Å²) in [5.74, 6) is -5.03. The van der Waals surface area contributed by atoms with Crippen LogP contribution in [-0.4, -0.2) is 16.2 Å². The molecule has 0 spiro atoms. The Labute approximate surface area is 77.6 Å². The van der Waals surface area contributed by atoms with Crippen LogP contribution in [0.5, 0.6) is 5.75 Å². The molecule has 76 valence electrons. The molecule has 1 aromatic carbocycles. The molecule has 0 fully saturated rings. The number of phenolic OH excluding ortho intramolecular Hbond substituents is 1. The van der Waals surface area contributed by atoms with Crippen LogP contribution < -0.4 is 5.73 Å². The average Bonchev–Trinajstić information content (AvgIpc) is 2.12. The summed E-state index contributed by atoms with van der Waals surface area (Å²) in [4.78, 5) is 10.4. The van der Waals surface area contributed by atoms with Gasteiger partial charge in [-0.25, -0.2) is 8.78 Å². The number of benzene rings is 1. The minimum atomic E-state index is -1.51. The van der Waals surface area contributed by atoms with Gasteiger partial charge in [0.15, 0.2) is 17.4 Å². The maximum absolute atomic E-state index is 12.7. The number of hydrogen-bond donors (Lipinski definition) is 3. The Bertz CT molecular complexity index is 358. The highest BCUT2D eigenvalue weighted by Crippen LogP contribution is 2.23. The predicted molar refractivity (Wildman–Crippen MR) is 42.6 cm³/mol. The maximum atomic E-state index is 12.7. The zero-order valence-corrected chi connectivity index (χ0v) is 6.87. The van der Waals surface area contributed by atoms with E-state index in [2.05, 4.69) is 0 Å². The number of carbonyl (C=O) groups is 1. The molecule has 4 nitrogen and oxygen atoms in total. The molecule has 1 aromatic rings. The van der Waals surface area contributed by atoms with E-state index in [1.165, 1.54) is 0 Å². The minimum Gasteiger partial charge on any atom is -0.503 e. The molecule has 0 unspecified atom stereocenters. The van der Waals surface area contributed by atoms with E-state index < -0.39 is 29.4 Å². The van der Waals surface area contributed by atoms with Crippen molar-refractivity contribution in [2.45, 2.75) is 6.04 Å². The number of rotatable bonds is 2. The Kier molecular flexibility index (Phi) is 2.66. The number of aromatic hydroxyl groups is 1. The third-order valence-electron chi connectivity index (χ3n) is 1.66. The van der Waals surface area contributed by atoms with Crippen molar-refractivity contribution in [2.24, 2.45) is 5.73 Å². The standard InChI is InChI=1S/C8H7F2NO3/c9-4-1-3(6(11)8(13)14)2-5(10)7(4)12/h1-2,6,12H,11H2,(H,13,14)/t6-/m1/s1. The molecule has 0 heterocycles. The zero-order valence-electron chi connectivity index (χ0n) is 6.87. The lowest BCUT2D eigenvalue weighted by molar-refractivity contribution is -0.138. The maximum Gasteiger partial charge on any atom is 0.325 e. The molecule has 4 N–H and O–H groups in total. The molecule has 0 aliphatic carbocycles. The van der Waals surface area contributed by atoms with Gasteiger partial charge in [-0.15, -0.1) is 0 Å². The smallest absolute Gasteiger partial charge is 0.325 e. The van der Waals surface area contributed by atoms with Crippen LogP contribution in [0.2, 0.25) is 0 Å². The molecule has 14 heavy (non-hydrogen) atoms. The summed E-state index contributed by atoms with van der Waals surface area (Å²) < 4.78 is 25.5. The predicted octanol–water partition coefficient (Wildman–Crippen LogP) is 0.755. The van der Waals surface area contributed by atoms with Crippen molar-refractivity contribution in [3.05, 3.63) is 29.3 Å². The lowest BCUT2D eigenvalue weighted by Crippen LogP contribution is -2.20. The average molecular weight is 203 g/mol. The van der Waals surface area contributed by atoms with Gasteiger partial charge in [0.1, 0.15) is 6.04 Å². The van der Waals surface area contributed by atoms with E-state index in [-0.39, 0.29) is 5.56 Å². The van der Waals surface area contributed by atoms with Crippen LogP contribution >= 0.6 is 0 Å². The van der Waals surface area contributed by atoms with E-state index in [4.69, 9.17) is 15.9 Å². The molecule has 0 saturated carbocycles. The number of nitrogens with two attached hydrogens (primary N) is 1. The first-order chi connectivity index (χ1) is 6.43. The number of hydrogen-bond acceptors (Lipinski definition) is 3. The lowest BCUT2D eigenvalue weighted by atomic mass is 10.1. The normalized spacial score (nSPS) is 12.5. The molecule has 0 saturated heterocycles. The van der Waals surface area contributed by atoms with Crippen LogP contribution in [0.3, 0.4) is 0 Å². The van der Waals surface area contributed by atoms with E-state index in [1.807, 2.05) is 0 Å². The Balaban J connectivity index is 3.19. The molecule has 6 heteroatoms. The van der Waals surface area contributed by atoms with Gasteiger partial charge in [0.2, 0.25) is 0 Å². The largest absolute Gasteiger partial charge is 0.503 e. The highest BCUT2D eigenvalue weighted by Gasteiger charge is 2.18. The summed E-state index contributed by atoms with van der Waals surface area (Å²) in [6.07, 6.45) is 0. The number of halogens is 2. The third-order valence-corrected chi connectivity index (χ3v) is 1.66. The van der Waals surface area contributed by atoms with Gasteiger partial charge in [0, 0.05) is 0 Å². The molecule has 0 amide bonds. The quantitative estimate of drug-likeness (QED) is 0.662. The first kappa shape index (κ1) is 10.4. The Morgan fingerprint density at radius 3 is 2.14 bits per heavy atom. The molecule has 1 atom stereocenters. The van der Waals surface area contributed by atoms with E-state index in [9.17, 15) is 13.6 Å². The third kappa shape index (κ3) is 1.80. The molecule has 0 aromatic heterocycles. The first-order valence-electron chi connectivity index (χ1n) is 3.59. The molecule has 0 bridgehead atoms. The van der Waals surface area contributed by atoms with Gasteiger partial charge < -0.3 is 15.9 Å². The fraction of sp³-hybridized carbons (Fsp3) is 0.125. The van der Waals surface area contributed by atoms with Crippen molar-refractivity contribution in [3.63, 3.8) is 0 Å². The lowest BCUT2D eigenvalue weighted by Gasteiger charge is -2.07. The minimum absolute atomic E-state index is 0.245. The number of carboxylic acids is 1. The van der Waals surface area contributed by atoms with E-state index >= 15 is 0 Å². The molecular formula is C8H7F2NO3. The summed E-state index contributed by atoms with van der Waals surface area (Å²) in [6, 6.07) is -0.159. The topological polar surface area (TPSA) is 83.6 Å². The Hall–Kier alpha value is -1.69. The van der Waals surface area contributed by atoms with Crippen molar-refractivity contribution in [3.8, 4) is 5.75 Å². The molecule has 0 aliphatic heterocycles. The Morgan fingerprint density at radius 1 is 1.36 bits per heavy atom. The SMILES string of the molecule is N[C@@H](C(=O)O)c1cc(F)c(O)c(F)c1. The van der Waals surface area contributed by atoms with Crippen LogP contribution in [0.4, 0.5) is 8.78 Å². The highest BCUT2D eigenvalue weighted by molar-refractivity contribution is 5.75. The summed E-state index contributed by atoms with van der Waals surface area (Å²) in [7, 11) is 0. The van der Waals surface area contributed by atoms with Gasteiger partial charge in [-0.2, -0.15) is 0 Å². The number of phenols is 1. The van der Waals surface area contributed by atoms with Crippen molar-refractivity contribution in [2.75, 3.05) is 0 Å². The van der Waals surface area contributed by atoms with Crippen molar-refractivity contribution < 1.29 is 23.8 Å². The van der Waals surface area contributed by atoms with E-state index in [0.29, 0.717) is 12.1 Å². The zero-order chi connectivity index (χ0) is 10.9. The van der Waals surface area contributed by atoms with E-state index in [1.54, 1.807) is 0 Å². The van der Waals surface area contributed by atoms with Crippen molar-refractivity contribution in [1.29, 1.82) is 0 Å². The van der Waals surface area contributed by atoms with Crippen LogP contribution in [-0.2, 0) is 4.79 Å². The number of aliphatic carboxylic acids is 1. The highest BCUT2D eigenvalue weighted by atomic mass is 19.1. The van der Waals surface area contributed by atoms with Crippen LogP contribution in [0.1, 0.15) is 11.6 Å². The van der Waals surface area contributed by atoms with Crippen molar-refractivity contribution in [1.82, 2.24) is 0 Å². The monoisotopic (exact) mass is 203 g/mol. The fourth-order valence-electron chi connectivity index (χ4n) is 0.907. The number of carboxylic acid groups (broad SMARTS) is 1. The summed E-state index contributed by atoms with van der Waals surface area (Å²) >= 11 is 0. The van der Waals surface area contributed by atoms with Gasteiger partial charge in [0.05, 0.1) is 0 Å². The summed E-state index contributed by atoms with van der Waals surface area (Å²) in [6.45, 7) is 0. The van der Waals surface area contributed by atoms with Gasteiger partial charge >= 0.3 is 5.97 Å². The molecular weight excluding hydrogens is 196 g/mol. The summed E-state index contributed by atoms with van der Waals surface area (Å²) in [5, 5.41) is 17.2. The van der Waals surface area contributed by atoms with Crippen LogP contribution in [0.15, 0.2) is 12.1 Å². The van der Waals surface area contributed by atoms with Gasteiger partial charge in [-0.3, -0.25) is 4.79 Å². The summed E-state index contributed by atoms with van der Waals surface area (Å²) in [5.41, 5.74) is 4.87. The van der Waals surface area contributed by atoms with Gasteiger partial charge in [0.25, 0.3) is 0 Å². The van der Waals surface area contributed by atoms with Crippen LogP contribution in [0.25, 0.3) is 0 Å². The molecule has 1 rings (SSSR count). The van der Waals surface area contributed by atoms with Crippen LogP contribution in [0, 0.1) is 11.6 Å². The van der Waals surface area contributed by atoms with Crippen molar-refractivity contribution >= 4 is 5.97 Å². The molecule has 0 radical (unpaired) electrons. The molecule has 0 aliphatic rings. The second-order valence-corrected chi connectivity index (χ2v) is 2.65. The Morgan fingerprint density at radius 2 is 1.79 bits per heavy atom. The second-order valence-electron chi connectivity index (χ2n) is 2.65. The van der Waals surface area contributed by atoms with E-state index in [0.717, 1.165) is 0 Å². The van der Waals surface area contributed by atoms with Gasteiger partial charge in [-0.05, 0) is 17.7 Å².